The number of hydrogen-bond acceptors (Lipinski definition) is 1. The summed E-state index contributed by atoms with van der Waals surface area (Å²) >= 11 is 3.21. The van der Waals surface area contributed by atoms with Gasteiger partial charge in [-0.2, -0.15) is 0 Å². The van der Waals surface area contributed by atoms with Gasteiger partial charge in [-0.1, -0.05) is 52.3 Å². The summed E-state index contributed by atoms with van der Waals surface area (Å²) in [4.78, 5) is 11.9. The Morgan fingerprint density at radius 1 is 1.10 bits per heavy atom. The molecule has 20 heavy (non-hydrogen) atoms. The Labute approximate surface area is 127 Å². The summed E-state index contributed by atoms with van der Waals surface area (Å²) in [5, 5.41) is 0. The topological polar surface area (TPSA) is 17.1 Å². The maximum Gasteiger partial charge on any atom is 0.137 e. The van der Waals surface area contributed by atoms with Gasteiger partial charge in [0.1, 0.15) is 11.6 Å². The van der Waals surface area contributed by atoms with E-state index in [2.05, 4.69) is 28.1 Å². The van der Waals surface area contributed by atoms with Crippen molar-refractivity contribution in [3.8, 4) is 0 Å². The third-order valence-corrected chi connectivity index (χ3v) is 3.66. The van der Waals surface area contributed by atoms with E-state index < -0.39 is 0 Å². The number of hydrogen-bond donors (Lipinski definition) is 0. The van der Waals surface area contributed by atoms with Crippen LogP contribution < -0.4 is 0 Å². The summed E-state index contributed by atoms with van der Waals surface area (Å²) < 4.78 is 14.3. The van der Waals surface area contributed by atoms with Crippen LogP contribution in [-0.4, -0.2) is 5.78 Å². The molecule has 0 fully saturated rings. The number of benzene rings is 2. The van der Waals surface area contributed by atoms with Crippen LogP contribution in [0.5, 0.6) is 0 Å². The zero-order chi connectivity index (χ0) is 14.4. The molecule has 0 N–H and O–H groups in total. The van der Waals surface area contributed by atoms with Crippen molar-refractivity contribution in [2.24, 2.45) is 0 Å². The molecule has 2 aromatic carbocycles. The molecule has 0 aliphatic rings. The Balaban J connectivity index is 1.81. The Bertz CT molecular complexity index is 581. The first-order chi connectivity index (χ1) is 9.65. The van der Waals surface area contributed by atoms with Crippen molar-refractivity contribution >= 4 is 21.7 Å². The van der Waals surface area contributed by atoms with Crippen LogP contribution in [0.3, 0.4) is 0 Å². The predicted molar refractivity (Wildman–Crippen MR) is 82.2 cm³/mol. The summed E-state index contributed by atoms with van der Waals surface area (Å²) in [5.74, 6) is -0.238. The van der Waals surface area contributed by atoms with Crippen LogP contribution in [0.4, 0.5) is 4.39 Å². The van der Waals surface area contributed by atoms with E-state index in [1.807, 2.05) is 18.2 Å². The van der Waals surface area contributed by atoms with E-state index >= 15 is 0 Å². The quantitative estimate of drug-likeness (QED) is 0.746. The highest BCUT2D eigenvalue weighted by Crippen LogP contribution is 2.16. The van der Waals surface area contributed by atoms with Gasteiger partial charge in [0.05, 0.1) is 0 Å². The van der Waals surface area contributed by atoms with Crippen LogP contribution in [0.2, 0.25) is 0 Å². The summed E-state index contributed by atoms with van der Waals surface area (Å²) in [6.45, 7) is 0. The van der Waals surface area contributed by atoms with Gasteiger partial charge in [-0.05, 0) is 36.1 Å². The van der Waals surface area contributed by atoms with Crippen molar-refractivity contribution in [1.29, 1.82) is 0 Å². The maximum absolute atomic E-state index is 13.6. The second-order valence-corrected chi connectivity index (χ2v) is 5.71. The van der Waals surface area contributed by atoms with Crippen molar-refractivity contribution < 1.29 is 9.18 Å². The summed E-state index contributed by atoms with van der Waals surface area (Å²) in [6.07, 6.45) is 2.36. The van der Waals surface area contributed by atoms with Gasteiger partial charge >= 0.3 is 0 Å². The highest BCUT2D eigenvalue weighted by Gasteiger charge is 2.08. The van der Waals surface area contributed by atoms with Crippen LogP contribution in [0.15, 0.2) is 53.0 Å². The minimum absolute atomic E-state index is 0.0853. The van der Waals surface area contributed by atoms with Gasteiger partial charge in [0, 0.05) is 17.3 Å². The van der Waals surface area contributed by atoms with Gasteiger partial charge in [0.2, 0.25) is 0 Å². The molecule has 0 spiro atoms. The average molecular weight is 335 g/mol. The van der Waals surface area contributed by atoms with Gasteiger partial charge < -0.3 is 0 Å². The van der Waals surface area contributed by atoms with Gasteiger partial charge in [0.25, 0.3) is 0 Å². The smallest absolute Gasteiger partial charge is 0.137 e. The fourth-order valence-electron chi connectivity index (χ4n) is 2.10. The summed E-state index contributed by atoms with van der Waals surface area (Å²) in [6, 6.07) is 14.9. The molecule has 0 aliphatic carbocycles. The lowest BCUT2D eigenvalue weighted by atomic mass is 10.0. The monoisotopic (exact) mass is 334 g/mol. The van der Waals surface area contributed by atoms with Crippen LogP contribution >= 0.6 is 15.9 Å². The predicted octanol–water partition coefficient (Wildman–Crippen LogP) is 4.72. The molecule has 0 bridgehead atoms. The van der Waals surface area contributed by atoms with Crippen molar-refractivity contribution in [3.63, 3.8) is 0 Å². The minimum atomic E-state index is -0.323. The average Bonchev–Trinajstić information content (AvgIpc) is 2.43. The standard InChI is InChI=1S/C17H16BrFO/c18-15-10-9-14(17(19)12-15)11-16(20)8-4-7-13-5-2-1-3-6-13/h1-3,5-6,9-10,12H,4,7-8,11H2. The van der Waals surface area contributed by atoms with E-state index in [9.17, 15) is 9.18 Å². The van der Waals surface area contributed by atoms with Crippen molar-refractivity contribution in [2.45, 2.75) is 25.7 Å². The molecule has 1 nitrogen and oxygen atoms in total. The van der Waals surface area contributed by atoms with Crippen molar-refractivity contribution in [2.75, 3.05) is 0 Å². The van der Waals surface area contributed by atoms with E-state index in [4.69, 9.17) is 0 Å². The molecule has 0 aliphatic heterocycles. The van der Waals surface area contributed by atoms with Crippen molar-refractivity contribution in [1.82, 2.24) is 0 Å². The molecular weight excluding hydrogens is 319 g/mol. The number of aryl methyl sites for hydroxylation is 1. The Morgan fingerprint density at radius 2 is 1.85 bits per heavy atom. The number of Topliss-reactive ketones (excluding diaryl/α,β-unsaturated/α-hetero) is 1. The van der Waals surface area contributed by atoms with Gasteiger partial charge in [-0.3, -0.25) is 4.79 Å². The van der Waals surface area contributed by atoms with E-state index in [0.29, 0.717) is 16.5 Å². The van der Waals surface area contributed by atoms with Crippen LogP contribution in [0.25, 0.3) is 0 Å². The number of halogens is 2. The molecule has 0 atom stereocenters. The third-order valence-electron chi connectivity index (χ3n) is 3.17. The summed E-state index contributed by atoms with van der Waals surface area (Å²) in [5.41, 5.74) is 1.70. The van der Waals surface area contributed by atoms with Crippen LogP contribution in [-0.2, 0) is 17.6 Å². The number of carbonyl (C=O) groups is 1. The fraction of sp³-hybridized carbons (Fsp3) is 0.235. The molecule has 0 aromatic heterocycles. The molecule has 0 saturated heterocycles. The second kappa shape index (κ2) is 7.34. The largest absolute Gasteiger partial charge is 0.299 e. The van der Waals surface area contributed by atoms with Crippen LogP contribution in [0, 0.1) is 5.82 Å². The Hall–Kier alpha value is -1.48. The molecule has 0 unspecified atom stereocenters. The molecule has 2 rings (SSSR count). The molecule has 0 saturated carbocycles. The number of ketones is 1. The van der Waals surface area contributed by atoms with E-state index in [0.717, 1.165) is 12.8 Å². The van der Waals surface area contributed by atoms with E-state index in [1.54, 1.807) is 12.1 Å². The normalized spacial score (nSPS) is 10.5. The highest BCUT2D eigenvalue weighted by atomic mass is 79.9. The Morgan fingerprint density at radius 3 is 2.55 bits per heavy atom. The fourth-order valence-corrected chi connectivity index (χ4v) is 2.43. The zero-order valence-electron chi connectivity index (χ0n) is 11.1. The second-order valence-electron chi connectivity index (χ2n) is 4.79. The first-order valence-electron chi connectivity index (χ1n) is 6.65. The first-order valence-corrected chi connectivity index (χ1v) is 7.44. The van der Waals surface area contributed by atoms with Gasteiger partial charge in [-0.15, -0.1) is 0 Å². The lowest BCUT2D eigenvalue weighted by Gasteiger charge is -2.04. The number of carbonyl (C=O) groups excluding carboxylic acids is 1. The lowest BCUT2D eigenvalue weighted by Crippen LogP contribution is -2.05. The molecule has 104 valence electrons. The van der Waals surface area contributed by atoms with E-state index in [-0.39, 0.29) is 18.0 Å². The zero-order valence-corrected chi connectivity index (χ0v) is 12.7. The minimum Gasteiger partial charge on any atom is -0.299 e. The number of rotatable bonds is 6. The van der Waals surface area contributed by atoms with Crippen molar-refractivity contribution in [3.05, 3.63) is 69.9 Å². The summed E-state index contributed by atoms with van der Waals surface area (Å²) in [7, 11) is 0. The molecule has 0 radical (unpaired) electrons. The maximum atomic E-state index is 13.6. The molecule has 0 heterocycles. The molecule has 0 amide bonds. The molecular formula is C17H16BrFO. The third kappa shape index (κ3) is 4.57. The van der Waals surface area contributed by atoms with E-state index in [1.165, 1.54) is 11.6 Å². The highest BCUT2D eigenvalue weighted by molar-refractivity contribution is 9.10. The molecule has 2 aromatic rings. The van der Waals surface area contributed by atoms with Gasteiger partial charge in [-0.25, -0.2) is 4.39 Å². The SMILES string of the molecule is O=C(CCCc1ccccc1)Cc1ccc(Br)cc1F. The first kappa shape index (κ1) is 14.9. The lowest BCUT2D eigenvalue weighted by molar-refractivity contribution is -0.118. The van der Waals surface area contributed by atoms with Gasteiger partial charge in [0.15, 0.2) is 0 Å². The van der Waals surface area contributed by atoms with Crippen LogP contribution in [0.1, 0.15) is 24.0 Å². The Kier molecular flexibility index (Phi) is 5.48. The molecule has 3 heteroatoms.